The normalized spacial score (nSPS) is 13.2. The number of hydrogen-bond donors (Lipinski definition) is 0. The Balaban J connectivity index is 0.000000770. The molecular formula is C13H20Cl2PPd-. The summed E-state index contributed by atoms with van der Waals surface area (Å²) in [6.45, 7) is 11.5. The van der Waals surface area contributed by atoms with Crippen molar-refractivity contribution in [1.29, 1.82) is 0 Å². The fourth-order valence-electron chi connectivity index (χ4n) is 1.89. The molecule has 4 heteroatoms. The number of hydrogen-bond acceptors (Lipinski definition) is 0. The van der Waals surface area contributed by atoms with Crippen molar-refractivity contribution in [3.05, 3.63) is 36.0 Å². The molecule has 1 rings (SSSR count). The molecule has 0 fully saturated rings. The van der Waals surface area contributed by atoms with Crippen molar-refractivity contribution in [2.24, 2.45) is 0 Å². The molecule has 1 atom stereocenters. The van der Waals surface area contributed by atoms with Crippen LogP contribution < -0.4 is 5.30 Å². The van der Waals surface area contributed by atoms with Gasteiger partial charge >= 0.3 is 35.0 Å². The van der Waals surface area contributed by atoms with E-state index in [0.29, 0.717) is 5.16 Å². The third-order valence-electron chi connectivity index (χ3n) is 2.13. The monoisotopic (exact) mass is 383 g/mol. The zero-order chi connectivity index (χ0) is 13.5. The molecule has 17 heavy (non-hydrogen) atoms. The molecule has 102 valence electrons. The molecule has 1 aromatic rings. The Labute approximate surface area is 123 Å². The van der Waals surface area contributed by atoms with E-state index in [1.54, 1.807) is 5.66 Å². The molecule has 0 nitrogen and oxygen atoms in total. The first-order chi connectivity index (χ1) is 7.84. The minimum atomic E-state index is -0.139. The van der Waals surface area contributed by atoms with Crippen molar-refractivity contribution in [1.82, 2.24) is 0 Å². The molecule has 0 amide bonds. The van der Waals surface area contributed by atoms with Gasteiger partial charge in [-0.2, -0.15) is 13.8 Å². The molecular weight excluding hydrogens is 364 g/mol. The second-order valence-corrected chi connectivity index (χ2v) is 10.6. The Hall–Kier alpha value is 0.892. The summed E-state index contributed by atoms with van der Waals surface area (Å²) in [6, 6.07) is 10.9. The van der Waals surface area contributed by atoms with Crippen LogP contribution in [0.4, 0.5) is 0 Å². The van der Waals surface area contributed by atoms with Crippen molar-refractivity contribution >= 4 is 32.3 Å². The van der Waals surface area contributed by atoms with Crippen LogP contribution in [0.5, 0.6) is 0 Å². The van der Waals surface area contributed by atoms with Crippen LogP contribution in [0, 0.1) is 5.66 Å². The summed E-state index contributed by atoms with van der Waals surface area (Å²) in [5.41, 5.74) is 1.55. The molecule has 0 aliphatic carbocycles. The Kier molecular flexibility index (Phi) is 9.37. The Morgan fingerprint density at radius 1 is 1.06 bits per heavy atom. The van der Waals surface area contributed by atoms with Crippen molar-refractivity contribution in [2.75, 3.05) is 0 Å². The fraction of sp³-hybridized carbons (Fsp3) is 0.462. The van der Waals surface area contributed by atoms with E-state index in [-0.39, 0.29) is 23.9 Å². The molecule has 0 aliphatic rings. The summed E-state index contributed by atoms with van der Waals surface area (Å²) < 4.78 is 0. The molecule has 0 aliphatic heterocycles. The van der Waals surface area contributed by atoms with E-state index in [0.717, 1.165) is 0 Å². The van der Waals surface area contributed by atoms with E-state index in [2.05, 4.69) is 65.0 Å². The van der Waals surface area contributed by atoms with Gasteiger partial charge in [0.15, 0.2) is 0 Å². The average Bonchev–Trinajstić information content (AvgIpc) is 2.17. The van der Waals surface area contributed by atoms with Crippen molar-refractivity contribution in [2.45, 2.75) is 39.8 Å². The Morgan fingerprint density at radius 3 is 1.76 bits per heavy atom. The molecule has 0 heterocycles. The summed E-state index contributed by atoms with van der Waals surface area (Å²) in [5, 5.41) is 1.87. The first-order valence-corrected chi connectivity index (χ1v) is 10.7. The molecule has 0 spiro atoms. The summed E-state index contributed by atoms with van der Waals surface area (Å²) in [5.74, 6) is 0. The van der Waals surface area contributed by atoms with Gasteiger partial charge in [-0.05, 0) is 5.16 Å². The number of rotatable bonds is 2. The van der Waals surface area contributed by atoms with Crippen LogP contribution in [0.3, 0.4) is 0 Å². The van der Waals surface area contributed by atoms with Gasteiger partial charge < -0.3 is 0 Å². The Morgan fingerprint density at radius 2 is 1.47 bits per heavy atom. The van der Waals surface area contributed by atoms with Crippen molar-refractivity contribution in [3.63, 3.8) is 0 Å². The summed E-state index contributed by atoms with van der Waals surface area (Å²) >= 11 is -0.106. The molecule has 1 aromatic carbocycles. The van der Waals surface area contributed by atoms with Crippen LogP contribution in [0.15, 0.2) is 30.3 Å². The topological polar surface area (TPSA) is 0 Å². The van der Waals surface area contributed by atoms with Crippen LogP contribution in [-0.2, 0) is 15.9 Å². The van der Waals surface area contributed by atoms with Crippen LogP contribution in [0.1, 0.15) is 34.6 Å². The molecule has 0 saturated carbocycles. The van der Waals surface area contributed by atoms with E-state index in [1.807, 2.05) is 0 Å². The van der Waals surface area contributed by atoms with Crippen LogP contribution in [-0.4, -0.2) is 5.16 Å². The summed E-state index contributed by atoms with van der Waals surface area (Å²) in [4.78, 5) is 0. The molecule has 0 N–H and O–H groups in total. The van der Waals surface area contributed by atoms with Gasteiger partial charge in [0.05, 0.1) is 0 Å². The maximum absolute atomic E-state index is 4.81. The van der Waals surface area contributed by atoms with Crippen molar-refractivity contribution in [3.8, 4) is 0 Å². The number of benzene rings is 1. The van der Waals surface area contributed by atoms with Gasteiger partial charge in [-0.1, -0.05) is 56.4 Å². The molecule has 0 saturated heterocycles. The predicted octanol–water partition coefficient (Wildman–Crippen LogP) is 5.54. The summed E-state index contributed by atoms with van der Waals surface area (Å²) in [7, 11) is 9.49. The average molecular weight is 385 g/mol. The van der Waals surface area contributed by atoms with Gasteiger partial charge in [0.25, 0.3) is 0 Å². The van der Waals surface area contributed by atoms with E-state index in [9.17, 15) is 0 Å². The van der Waals surface area contributed by atoms with Crippen LogP contribution >= 0.6 is 27.0 Å². The summed E-state index contributed by atoms with van der Waals surface area (Å²) in [6.07, 6.45) is 0. The van der Waals surface area contributed by atoms with E-state index in [1.165, 1.54) is 5.30 Å². The fourth-order valence-corrected chi connectivity index (χ4v) is 5.00. The number of halogens is 2. The maximum atomic E-state index is 4.81. The molecule has 1 unspecified atom stereocenters. The first kappa shape index (κ1) is 17.9. The van der Waals surface area contributed by atoms with Crippen LogP contribution in [0.25, 0.3) is 0 Å². The quantitative estimate of drug-likeness (QED) is 0.357. The van der Waals surface area contributed by atoms with Gasteiger partial charge in [-0.3, -0.25) is 5.66 Å². The van der Waals surface area contributed by atoms with Gasteiger partial charge in [-0.25, -0.2) is 7.92 Å². The van der Waals surface area contributed by atoms with E-state index < -0.39 is 0 Å². The van der Waals surface area contributed by atoms with Gasteiger partial charge in [0.1, 0.15) is 0 Å². The Bertz CT molecular complexity index is 296. The van der Waals surface area contributed by atoms with Crippen LogP contribution in [0.2, 0.25) is 0 Å². The molecule has 0 bridgehead atoms. The van der Waals surface area contributed by atoms with Gasteiger partial charge in [0.2, 0.25) is 0 Å². The van der Waals surface area contributed by atoms with E-state index >= 15 is 0 Å². The van der Waals surface area contributed by atoms with Gasteiger partial charge in [-0.15, -0.1) is 0 Å². The SMILES string of the molecule is C[C-](C)P(c1ccccc1)C(C)(C)C.[Cl][Pd][Cl]. The zero-order valence-corrected chi connectivity index (χ0v) is 14.9. The van der Waals surface area contributed by atoms with E-state index in [4.69, 9.17) is 19.1 Å². The molecule has 0 aromatic heterocycles. The molecule has 0 radical (unpaired) electrons. The third kappa shape index (κ3) is 7.15. The standard InChI is InChI=1S/C13H20P.2ClH.Pd/c1-11(2)14(13(3,4)5)12-9-7-6-8-10-12;;;/h6-10H,1-5H3;2*1H;/q-1;;;+2/p-2. The third-order valence-corrected chi connectivity index (χ3v) is 5.18. The first-order valence-electron chi connectivity index (χ1n) is 5.32. The van der Waals surface area contributed by atoms with Gasteiger partial charge in [0, 0.05) is 0 Å². The minimum absolute atomic E-state index is 0.106. The zero-order valence-electron chi connectivity index (χ0n) is 10.9. The predicted molar refractivity (Wildman–Crippen MR) is 79.0 cm³/mol. The second-order valence-electron chi connectivity index (χ2n) is 4.83. The second kappa shape index (κ2) is 8.90. The van der Waals surface area contributed by atoms with Crippen molar-refractivity contribution < 1.29 is 15.9 Å².